The molecule has 1 aromatic heterocycles. The molecule has 0 radical (unpaired) electrons. The number of aromatic nitrogens is 2. The van der Waals surface area contributed by atoms with Crippen LogP contribution in [0.2, 0.25) is 0 Å². The Morgan fingerprint density at radius 1 is 1.03 bits per heavy atom. The number of hydrogen-bond acceptors (Lipinski definition) is 7. The molecule has 1 fully saturated rings. The van der Waals surface area contributed by atoms with Gasteiger partial charge in [0.05, 0.1) is 25.3 Å². The van der Waals surface area contributed by atoms with Crippen molar-refractivity contribution in [1.29, 1.82) is 0 Å². The fourth-order valence-electron chi connectivity index (χ4n) is 3.76. The van der Waals surface area contributed by atoms with E-state index in [9.17, 15) is 4.79 Å². The summed E-state index contributed by atoms with van der Waals surface area (Å²) >= 11 is 0. The summed E-state index contributed by atoms with van der Waals surface area (Å²) in [5.41, 5.74) is 1.99. The Hall–Kier alpha value is -3.55. The van der Waals surface area contributed by atoms with E-state index < -0.39 is 5.97 Å². The van der Waals surface area contributed by atoms with Gasteiger partial charge in [0.15, 0.2) is 11.5 Å². The van der Waals surface area contributed by atoms with Crippen LogP contribution in [0.25, 0.3) is 10.9 Å². The maximum atomic E-state index is 11.1. The highest BCUT2D eigenvalue weighted by Crippen LogP contribution is 2.35. The number of fused-ring (bicyclic) bond motifs is 1. The highest BCUT2D eigenvalue weighted by molar-refractivity contribution is 5.93. The number of rotatable bonds is 7. The molecule has 4 rings (SSSR count). The minimum atomic E-state index is -0.937. The number of anilines is 2. The van der Waals surface area contributed by atoms with Crippen molar-refractivity contribution in [1.82, 2.24) is 9.97 Å². The molecule has 0 amide bonds. The molecule has 8 nitrogen and oxygen atoms in total. The van der Waals surface area contributed by atoms with Crippen molar-refractivity contribution in [2.75, 3.05) is 37.5 Å². The van der Waals surface area contributed by atoms with E-state index in [-0.39, 0.29) is 5.56 Å². The van der Waals surface area contributed by atoms with Crippen molar-refractivity contribution in [3.8, 4) is 11.5 Å². The molecule has 0 saturated carbocycles. The van der Waals surface area contributed by atoms with E-state index >= 15 is 0 Å². The van der Waals surface area contributed by atoms with Gasteiger partial charge in [-0.1, -0.05) is 12.1 Å². The molecule has 162 valence electrons. The minimum Gasteiger partial charge on any atom is -0.493 e. The number of carboxylic acid groups (broad SMARTS) is 1. The Balaban J connectivity index is 1.70. The predicted octanol–water partition coefficient (Wildman–Crippen LogP) is 3.95. The second kappa shape index (κ2) is 9.07. The van der Waals surface area contributed by atoms with Gasteiger partial charge in [0, 0.05) is 31.1 Å². The number of hydrogen-bond donors (Lipinski definition) is 2. The lowest BCUT2D eigenvalue weighted by molar-refractivity contribution is 0.0697. The van der Waals surface area contributed by atoms with E-state index in [4.69, 9.17) is 24.5 Å². The molecule has 31 heavy (non-hydrogen) atoms. The molecule has 0 bridgehead atoms. The van der Waals surface area contributed by atoms with Gasteiger partial charge >= 0.3 is 5.97 Å². The van der Waals surface area contributed by atoms with Crippen molar-refractivity contribution in [2.24, 2.45) is 0 Å². The molecule has 1 aliphatic heterocycles. The van der Waals surface area contributed by atoms with Crippen LogP contribution in [0.1, 0.15) is 35.2 Å². The topological polar surface area (TPSA) is 96.8 Å². The highest BCUT2D eigenvalue weighted by Gasteiger charge is 2.18. The van der Waals surface area contributed by atoms with Crippen molar-refractivity contribution in [2.45, 2.75) is 25.8 Å². The lowest BCUT2D eigenvalue weighted by Crippen LogP contribution is -2.31. The summed E-state index contributed by atoms with van der Waals surface area (Å²) in [6.07, 6.45) is 3.49. The number of carbonyl (C=O) groups is 1. The zero-order valence-corrected chi connectivity index (χ0v) is 17.7. The first kappa shape index (κ1) is 20.7. The SMILES string of the molecule is COc1cc2nc(N3CCCCC3)nc(NCc3ccc(C(=O)O)cc3)c2cc1OC. The average molecular weight is 422 g/mol. The summed E-state index contributed by atoms with van der Waals surface area (Å²) in [6.45, 7) is 2.38. The van der Waals surface area contributed by atoms with E-state index in [1.54, 1.807) is 38.5 Å². The van der Waals surface area contributed by atoms with Crippen LogP contribution >= 0.6 is 0 Å². The van der Waals surface area contributed by atoms with Gasteiger partial charge in [-0.15, -0.1) is 0 Å². The number of piperidine rings is 1. The summed E-state index contributed by atoms with van der Waals surface area (Å²) in [6, 6.07) is 10.6. The molecule has 0 spiro atoms. The van der Waals surface area contributed by atoms with Crippen molar-refractivity contribution in [3.63, 3.8) is 0 Å². The first-order valence-electron chi connectivity index (χ1n) is 10.3. The Morgan fingerprint density at radius 3 is 2.35 bits per heavy atom. The number of carboxylic acids is 1. The van der Waals surface area contributed by atoms with Gasteiger partial charge in [-0.2, -0.15) is 4.98 Å². The highest BCUT2D eigenvalue weighted by atomic mass is 16.5. The number of methoxy groups -OCH3 is 2. The predicted molar refractivity (Wildman–Crippen MR) is 119 cm³/mol. The summed E-state index contributed by atoms with van der Waals surface area (Å²) in [7, 11) is 3.21. The van der Waals surface area contributed by atoms with Gasteiger partial charge in [-0.3, -0.25) is 0 Å². The van der Waals surface area contributed by atoms with Crippen LogP contribution in [0, 0.1) is 0 Å². The lowest BCUT2D eigenvalue weighted by atomic mass is 10.1. The van der Waals surface area contributed by atoms with Gasteiger partial charge in [0.1, 0.15) is 5.82 Å². The van der Waals surface area contributed by atoms with Gasteiger partial charge in [0.2, 0.25) is 5.95 Å². The fourth-order valence-corrected chi connectivity index (χ4v) is 3.76. The lowest BCUT2D eigenvalue weighted by Gasteiger charge is -2.27. The minimum absolute atomic E-state index is 0.264. The van der Waals surface area contributed by atoms with Crippen molar-refractivity contribution in [3.05, 3.63) is 47.5 Å². The number of aromatic carboxylic acids is 1. The van der Waals surface area contributed by atoms with E-state index in [1.165, 1.54) is 6.42 Å². The molecular weight excluding hydrogens is 396 g/mol. The van der Waals surface area contributed by atoms with Gasteiger partial charge < -0.3 is 24.8 Å². The van der Waals surface area contributed by atoms with Crippen LogP contribution in [0.3, 0.4) is 0 Å². The van der Waals surface area contributed by atoms with Gasteiger partial charge in [0.25, 0.3) is 0 Å². The third-order valence-electron chi connectivity index (χ3n) is 5.49. The second-order valence-corrected chi connectivity index (χ2v) is 7.50. The smallest absolute Gasteiger partial charge is 0.335 e. The molecule has 1 aliphatic rings. The number of benzene rings is 2. The van der Waals surface area contributed by atoms with Crippen LogP contribution in [0.15, 0.2) is 36.4 Å². The third kappa shape index (κ3) is 4.47. The number of ether oxygens (including phenoxy) is 2. The van der Waals surface area contributed by atoms with Crippen LogP contribution in [-0.4, -0.2) is 48.4 Å². The zero-order chi connectivity index (χ0) is 21.8. The number of nitrogens with one attached hydrogen (secondary N) is 1. The van der Waals surface area contributed by atoms with E-state index in [0.29, 0.717) is 29.8 Å². The maximum Gasteiger partial charge on any atom is 0.335 e. The average Bonchev–Trinajstić information content (AvgIpc) is 2.82. The van der Waals surface area contributed by atoms with E-state index in [1.807, 2.05) is 12.1 Å². The van der Waals surface area contributed by atoms with Crippen LogP contribution < -0.4 is 19.7 Å². The second-order valence-electron chi connectivity index (χ2n) is 7.50. The Bertz CT molecular complexity index is 1080. The van der Waals surface area contributed by atoms with Crippen LogP contribution in [0.5, 0.6) is 11.5 Å². The van der Waals surface area contributed by atoms with Gasteiger partial charge in [-0.05, 0) is 43.0 Å². The molecule has 0 atom stereocenters. The zero-order valence-electron chi connectivity index (χ0n) is 17.7. The Labute approximate surface area is 180 Å². The third-order valence-corrected chi connectivity index (χ3v) is 5.49. The monoisotopic (exact) mass is 422 g/mol. The van der Waals surface area contributed by atoms with Crippen LogP contribution in [-0.2, 0) is 6.54 Å². The Kier molecular flexibility index (Phi) is 6.06. The first-order chi connectivity index (χ1) is 15.1. The summed E-state index contributed by atoms with van der Waals surface area (Å²) in [5, 5.41) is 13.3. The summed E-state index contributed by atoms with van der Waals surface area (Å²) in [4.78, 5) is 22.9. The molecule has 3 aromatic rings. The first-order valence-corrected chi connectivity index (χ1v) is 10.3. The molecule has 8 heteroatoms. The van der Waals surface area contributed by atoms with E-state index in [0.717, 1.165) is 42.4 Å². The molecule has 0 aliphatic carbocycles. The quantitative estimate of drug-likeness (QED) is 0.591. The fraction of sp³-hybridized carbons (Fsp3) is 0.348. The maximum absolute atomic E-state index is 11.1. The summed E-state index contributed by atoms with van der Waals surface area (Å²) < 4.78 is 10.9. The molecule has 0 unspecified atom stereocenters. The van der Waals surface area contributed by atoms with Crippen LogP contribution in [0.4, 0.5) is 11.8 Å². The molecule has 2 heterocycles. The van der Waals surface area contributed by atoms with E-state index in [2.05, 4.69) is 10.2 Å². The molecular formula is C23H26N4O4. The summed E-state index contributed by atoms with van der Waals surface area (Å²) in [5.74, 6) is 1.69. The largest absolute Gasteiger partial charge is 0.493 e. The van der Waals surface area contributed by atoms with Crippen molar-refractivity contribution < 1.29 is 19.4 Å². The standard InChI is InChI=1S/C23H26N4O4/c1-30-19-12-17-18(13-20(19)31-2)25-23(27-10-4-3-5-11-27)26-21(17)24-14-15-6-8-16(9-7-15)22(28)29/h6-9,12-13H,3-5,10-11,14H2,1-2H3,(H,28,29)(H,24,25,26). The van der Waals surface area contributed by atoms with Gasteiger partial charge in [-0.25, -0.2) is 9.78 Å². The number of nitrogens with zero attached hydrogens (tertiary/aromatic N) is 3. The molecule has 1 saturated heterocycles. The molecule has 2 aromatic carbocycles. The van der Waals surface area contributed by atoms with Crippen molar-refractivity contribution >= 4 is 28.6 Å². The Morgan fingerprint density at radius 2 is 1.71 bits per heavy atom. The normalized spacial score (nSPS) is 13.8. The molecule has 2 N–H and O–H groups in total.